The third-order valence-corrected chi connectivity index (χ3v) is 6.58. The molecule has 0 bridgehead atoms. The molecule has 12 heteroatoms. The van der Waals surface area contributed by atoms with Crippen molar-refractivity contribution in [1.29, 1.82) is 0 Å². The zero-order valence-corrected chi connectivity index (χ0v) is 24.2. The van der Waals surface area contributed by atoms with Crippen molar-refractivity contribution in [3.63, 3.8) is 0 Å². The Kier molecular flexibility index (Phi) is 12.2. The number of hydrogen-bond acceptors (Lipinski definition) is 6. The number of aromatic hydroxyl groups is 2. The highest BCUT2D eigenvalue weighted by atomic mass is 79.9. The Balaban J connectivity index is 1.60. The highest BCUT2D eigenvalue weighted by Crippen LogP contribution is 2.31. The summed E-state index contributed by atoms with van der Waals surface area (Å²) in [5.74, 6) is -0.371. The van der Waals surface area contributed by atoms with Crippen molar-refractivity contribution >= 4 is 88.0 Å². The number of carbonyl (C=O) groups is 2. The SMILES string of the molecule is O=C(CCCCCCC(=O)N/N=C\c1cc(Br)cc(Br)c1O)N/N=C\c1cc(Br)cc(Br)c1O. The van der Waals surface area contributed by atoms with Crippen molar-refractivity contribution in [3.05, 3.63) is 53.3 Å². The second-order valence-corrected chi connectivity index (χ2v) is 10.7. The lowest BCUT2D eigenvalue weighted by Crippen LogP contribution is -2.17. The number of phenolic OH excluding ortho intramolecular Hbond substituents is 2. The number of hydrogen-bond donors (Lipinski definition) is 4. The summed E-state index contributed by atoms with van der Waals surface area (Å²) in [6.07, 6.45) is 6.32. The number of benzene rings is 2. The van der Waals surface area contributed by atoms with Crippen molar-refractivity contribution in [3.8, 4) is 11.5 Å². The molecule has 182 valence electrons. The van der Waals surface area contributed by atoms with E-state index in [0.717, 1.165) is 21.8 Å². The molecule has 0 aliphatic carbocycles. The lowest BCUT2D eigenvalue weighted by molar-refractivity contribution is -0.122. The molecule has 2 rings (SSSR count). The Bertz CT molecular complexity index is 1010. The van der Waals surface area contributed by atoms with Gasteiger partial charge in [0.2, 0.25) is 11.8 Å². The highest BCUT2D eigenvalue weighted by Gasteiger charge is 2.07. The quantitative estimate of drug-likeness (QED) is 0.127. The Morgan fingerprint density at radius 2 is 1.09 bits per heavy atom. The minimum absolute atomic E-state index is 0.0373. The second kappa shape index (κ2) is 14.6. The average Bonchev–Trinajstić information content (AvgIpc) is 2.77. The standard InChI is InChI=1S/C22H22Br4N4O4/c23-15-7-13(21(33)17(25)9-15)11-27-29-19(31)5-3-1-2-4-6-20(32)30-28-12-14-8-16(24)10-18(26)22(14)34/h7-12,33-34H,1-6H2,(H,29,31)(H,30,32)/b27-11-,28-12-. The van der Waals surface area contributed by atoms with Gasteiger partial charge in [0.1, 0.15) is 11.5 Å². The van der Waals surface area contributed by atoms with Crippen molar-refractivity contribution in [2.45, 2.75) is 38.5 Å². The van der Waals surface area contributed by atoms with Crippen LogP contribution in [0.4, 0.5) is 0 Å². The first-order chi connectivity index (χ1) is 16.2. The molecule has 2 aromatic rings. The Morgan fingerprint density at radius 1 is 0.706 bits per heavy atom. The van der Waals surface area contributed by atoms with E-state index in [9.17, 15) is 19.8 Å². The molecule has 4 N–H and O–H groups in total. The highest BCUT2D eigenvalue weighted by molar-refractivity contribution is 9.11. The predicted octanol–water partition coefficient (Wildman–Crippen LogP) is 6.09. The van der Waals surface area contributed by atoms with E-state index in [1.54, 1.807) is 24.3 Å². The van der Waals surface area contributed by atoms with Crippen LogP contribution in [-0.4, -0.2) is 34.5 Å². The van der Waals surface area contributed by atoms with E-state index >= 15 is 0 Å². The maximum Gasteiger partial charge on any atom is 0.240 e. The summed E-state index contributed by atoms with van der Waals surface area (Å²) in [6, 6.07) is 6.77. The average molecular weight is 726 g/mol. The number of carbonyl (C=O) groups excluding carboxylic acids is 2. The van der Waals surface area contributed by atoms with E-state index in [-0.39, 0.29) is 23.3 Å². The molecule has 2 aromatic carbocycles. The van der Waals surface area contributed by atoms with E-state index in [4.69, 9.17) is 0 Å². The van der Waals surface area contributed by atoms with Crippen LogP contribution >= 0.6 is 63.7 Å². The monoisotopic (exact) mass is 722 g/mol. The largest absolute Gasteiger partial charge is 0.506 e. The number of unbranched alkanes of at least 4 members (excludes halogenated alkanes) is 3. The van der Waals surface area contributed by atoms with Crippen molar-refractivity contribution < 1.29 is 19.8 Å². The molecule has 0 radical (unpaired) electrons. The Hall–Kier alpha value is -1.76. The van der Waals surface area contributed by atoms with Gasteiger partial charge in [0.05, 0.1) is 21.4 Å². The first kappa shape index (κ1) is 28.5. The van der Waals surface area contributed by atoms with Gasteiger partial charge < -0.3 is 10.2 Å². The van der Waals surface area contributed by atoms with Gasteiger partial charge in [0, 0.05) is 32.9 Å². The molecule has 0 unspecified atom stereocenters. The molecule has 2 amide bonds. The van der Waals surface area contributed by atoms with Crippen LogP contribution in [-0.2, 0) is 9.59 Å². The van der Waals surface area contributed by atoms with Gasteiger partial charge in [-0.25, -0.2) is 10.9 Å². The van der Waals surface area contributed by atoms with E-state index in [0.29, 0.717) is 45.8 Å². The first-order valence-electron chi connectivity index (χ1n) is 10.2. The van der Waals surface area contributed by atoms with Gasteiger partial charge in [-0.05, 0) is 69.0 Å². The van der Waals surface area contributed by atoms with Gasteiger partial charge in [0.25, 0.3) is 0 Å². The molecular weight excluding hydrogens is 704 g/mol. The molecule has 0 saturated carbocycles. The number of nitrogens with zero attached hydrogens (tertiary/aromatic N) is 2. The molecule has 0 heterocycles. The topological polar surface area (TPSA) is 123 Å². The lowest BCUT2D eigenvalue weighted by Gasteiger charge is -2.04. The maximum absolute atomic E-state index is 11.9. The normalized spacial score (nSPS) is 11.3. The second-order valence-electron chi connectivity index (χ2n) is 7.15. The molecule has 0 aliphatic heterocycles. The maximum atomic E-state index is 11.9. The van der Waals surface area contributed by atoms with Gasteiger partial charge in [-0.15, -0.1) is 0 Å². The summed E-state index contributed by atoms with van der Waals surface area (Å²) in [4.78, 5) is 23.8. The fourth-order valence-corrected chi connectivity index (χ4v) is 5.27. The Labute approximate surface area is 230 Å². The zero-order chi connectivity index (χ0) is 25.1. The van der Waals surface area contributed by atoms with Gasteiger partial charge in [-0.1, -0.05) is 44.7 Å². The summed E-state index contributed by atoms with van der Waals surface area (Å²) in [5.41, 5.74) is 5.80. The molecule has 0 fully saturated rings. The van der Waals surface area contributed by atoms with E-state index < -0.39 is 0 Å². The summed E-state index contributed by atoms with van der Waals surface area (Å²) >= 11 is 13.1. The lowest BCUT2D eigenvalue weighted by atomic mass is 10.1. The van der Waals surface area contributed by atoms with Crippen LogP contribution in [0.25, 0.3) is 0 Å². The summed E-state index contributed by atoms with van der Waals surface area (Å²) in [6.45, 7) is 0. The predicted molar refractivity (Wildman–Crippen MR) is 146 cm³/mol. The van der Waals surface area contributed by atoms with Crippen molar-refractivity contribution in [2.75, 3.05) is 0 Å². The van der Waals surface area contributed by atoms with Crippen LogP contribution in [0.2, 0.25) is 0 Å². The van der Waals surface area contributed by atoms with Crippen LogP contribution in [0.15, 0.2) is 52.4 Å². The fraction of sp³-hybridized carbons (Fsp3) is 0.273. The summed E-state index contributed by atoms with van der Waals surface area (Å²) in [7, 11) is 0. The number of rotatable bonds is 11. The Morgan fingerprint density at radius 3 is 1.47 bits per heavy atom. The van der Waals surface area contributed by atoms with Crippen LogP contribution in [0, 0.1) is 0 Å². The number of phenols is 2. The van der Waals surface area contributed by atoms with Gasteiger partial charge >= 0.3 is 0 Å². The van der Waals surface area contributed by atoms with E-state index in [1.807, 2.05) is 0 Å². The molecular formula is C22H22Br4N4O4. The smallest absolute Gasteiger partial charge is 0.240 e. The van der Waals surface area contributed by atoms with Crippen LogP contribution in [0.5, 0.6) is 11.5 Å². The van der Waals surface area contributed by atoms with Crippen LogP contribution in [0.1, 0.15) is 49.7 Å². The van der Waals surface area contributed by atoms with Crippen molar-refractivity contribution in [2.24, 2.45) is 10.2 Å². The molecule has 0 aliphatic rings. The van der Waals surface area contributed by atoms with Gasteiger partial charge in [-0.2, -0.15) is 10.2 Å². The van der Waals surface area contributed by atoms with Gasteiger partial charge in [-0.3, -0.25) is 9.59 Å². The van der Waals surface area contributed by atoms with E-state index in [1.165, 1.54) is 12.4 Å². The first-order valence-corrected chi connectivity index (χ1v) is 13.3. The molecule has 8 nitrogen and oxygen atoms in total. The number of nitrogens with one attached hydrogen (secondary N) is 2. The fourth-order valence-electron chi connectivity index (χ4n) is 2.75. The van der Waals surface area contributed by atoms with Crippen molar-refractivity contribution in [1.82, 2.24) is 10.9 Å². The molecule has 0 atom stereocenters. The molecule has 0 spiro atoms. The molecule has 0 saturated heterocycles. The number of halogens is 4. The van der Waals surface area contributed by atoms with Crippen LogP contribution < -0.4 is 10.9 Å². The number of amides is 2. The van der Waals surface area contributed by atoms with Crippen LogP contribution in [0.3, 0.4) is 0 Å². The molecule has 34 heavy (non-hydrogen) atoms. The van der Waals surface area contributed by atoms with E-state index in [2.05, 4.69) is 84.8 Å². The summed E-state index contributed by atoms with van der Waals surface area (Å²) < 4.78 is 2.57. The third kappa shape index (κ3) is 9.85. The van der Waals surface area contributed by atoms with Gasteiger partial charge in [0.15, 0.2) is 0 Å². The third-order valence-electron chi connectivity index (χ3n) is 4.46. The minimum atomic E-state index is -0.223. The zero-order valence-electron chi connectivity index (χ0n) is 17.8. The molecule has 0 aromatic heterocycles. The minimum Gasteiger partial charge on any atom is -0.506 e. The summed E-state index contributed by atoms with van der Waals surface area (Å²) in [5, 5.41) is 27.7. The number of hydrazone groups is 2.